The van der Waals surface area contributed by atoms with Gasteiger partial charge in [0.2, 0.25) is 0 Å². The Bertz CT molecular complexity index is 490. The molecule has 1 fully saturated rings. The second-order valence-electron chi connectivity index (χ2n) is 4.85. The monoisotopic (exact) mass is 299 g/mol. The van der Waals surface area contributed by atoms with Gasteiger partial charge in [-0.25, -0.2) is 8.78 Å². The van der Waals surface area contributed by atoms with Gasteiger partial charge in [-0.3, -0.25) is 9.69 Å². The maximum absolute atomic E-state index is 13.5. The van der Waals surface area contributed by atoms with E-state index in [2.05, 4.69) is 0 Å². The largest absolute Gasteiger partial charge is 0.466 e. The zero-order valence-corrected chi connectivity index (χ0v) is 12.0. The molecule has 0 spiro atoms. The smallest absolute Gasteiger partial charge is 0.307 e. The van der Waals surface area contributed by atoms with E-state index in [9.17, 15) is 13.6 Å². The van der Waals surface area contributed by atoms with Crippen LogP contribution in [0.1, 0.15) is 24.9 Å². The maximum atomic E-state index is 13.5. The molecular weight excluding hydrogens is 280 g/mol. The highest BCUT2D eigenvalue weighted by Gasteiger charge is 2.26. The van der Waals surface area contributed by atoms with Crippen LogP contribution in [0.4, 0.5) is 8.78 Å². The molecule has 1 heterocycles. The SMILES string of the molecule is CCOC(=O)CC(c1ccc(F)c(F)c1)N1CCOCC1. The average molecular weight is 299 g/mol. The van der Waals surface area contributed by atoms with Crippen molar-refractivity contribution < 1.29 is 23.0 Å². The van der Waals surface area contributed by atoms with E-state index >= 15 is 0 Å². The van der Waals surface area contributed by atoms with E-state index in [1.54, 1.807) is 6.92 Å². The summed E-state index contributed by atoms with van der Waals surface area (Å²) in [6.07, 6.45) is 0.110. The molecule has 0 bridgehead atoms. The van der Waals surface area contributed by atoms with Crippen molar-refractivity contribution in [1.82, 2.24) is 4.90 Å². The first-order chi connectivity index (χ1) is 10.1. The van der Waals surface area contributed by atoms with Crippen LogP contribution in [0.2, 0.25) is 0 Å². The summed E-state index contributed by atoms with van der Waals surface area (Å²) in [5.41, 5.74) is 0.573. The molecule has 1 saturated heterocycles. The number of benzene rings is 1. The lowest BCUT2D eigenvalue weighted by Crippen LogP contribution is -2.40. The van der Waals surface area contributed by atoms with Crippen LogP contribution < -0.4 is 0 Å². The van der Waals surface area contributed by atoms with Crippen molar-refractivity contribution in [3.63, 3.8) is 0 Å². The number of ether oxygens (including phenoxy) is 2. The van der Waals surface area contributed by atoms with Gasteiger partial charge in [0.05, 0.1) is 26.2 Å². The van der Waals surface area contributed by atoms with Crippen LogP contribution in [0.3, 0.4) is 0 Å². The van der Waals surface area contributed by atoms with Crippen LogP contribution >= 0.6 is 0 Å². The fourth-order valence-corrected chi connectivity index (χ4v) is 2.44. The van der Waals surface area contributed by atoms with Gasteiger partial charge in [-0.2, -0.15) is 0 Å². The summed E-state index contributed by atoms with van der Waals surface area (Å²) in [6, 6.07) is 3.42. The number of esters is 1. The molecule has 0 aliphatic carbocycles. The first kappa shape index (κ1) is 15.9. The molecule has 0 radical (unpaired) electrons. The lowest BCUT2D eigenvalue weighted by atomic mass is 10.0. The Morgan fingerprint density at radius 1 is 1.33 bits per heavy atom. The standard InChI is InChI=1S/C15H19F2NO3/c1-2-21-15(19)10-14(18-5-7-20-8-6-18)11-3-4-12(16)13(17)9-11/h3-4,9,14H,2,5-8,10H2,1H3. The lowest BCUT2D eigenvalue weighted by molar-refractivity contribution is -0.145. The second-order valence-corrected chi connectivity index (χ2v) is 4.85. The number of hydrogen-bond donors (Lipinski definition) is 0. The third-order valence-corrected chi connectivity index (χ3v) is 3.48. The van der Waals surface area contributed by atoms with E-state index in [0.717, 1.165) is 12.1 Å². The van der Waals surface area contributed by atoms with E-state index in [4.69, 9.17) is 9.47 Å². The Hall–Kier alpha value is -1.53. The molecule has 6 heteroatoms. The van der Waals surface area contributed by atoms with Gasteiger partial charge in [-0.15, -0.1) is 0 Å². The van der Waals surface area contributed by atoms with Crippen molar-refractivity contribution in [1.29, 1.82) is 0 Å². The molecule has 0 N–H and O–H groups in total. The third kappa shape index (κ3) is 4.22. The predicted octanol–water partition coefficient (Wildman–Crippen LogP) is 2.29. The number of hydrogen-bond acceptors (Lipinski definition) is 4. The van der Waals surface area contributed by atoms with E-state index in [1.807, 2.05) is 4.90 Å². The van der Waals surface area contributed by atoms with Gasteiger partial charge in [0.15, 0.2) is 11.6 Å². The molecular formula is C15H19F2NO3. The van der Waals surface area contributed by atoms with Crippen molar-refractivity contribution in [3.05, 3.63) is 35.4 Å². The van der Waals surface area contributed by atoms with Gasteiger partial charge in [0.25, 0.3) is 0 Å². The first-order valence-electron chi connectivity index (χ1n) is 7.04. The molecule has 4 nitrogen and oxygen atoms in total. The minimum Gasteiger partial charge on any atom is -0.466 e. The molecule has 0 aromatic heterocycles. The molecule has 2 rings (SSSR count). The Morgan fingerprint density at radius 2 is 2.05 bits per heavy atom. The summed E-state index contributed by atoms with van der Waals surface area (Å²) >= 11 is 0. The lowest BCUT2D eigenvalue weighted by Gasteiger charge is -2.34. The highest BCUT2D eigenvalue weighted by molar-refractivity contribution is 5.70. The van der Waals surface area contributed by atoms with E-state index in [1.165, 1.54) is 6.07 Å². The molecule has 1 aromatic carbocycles. The fourth-order valence-electron chi connectivity index (χ4n) is 2.44. The minimum atomic E-state index is -0.908. The topological polar surface area (TPSA) is 38.8 Å². The van der Waals surface area contributed by atoms with Gasteiger partial charge in [-0.05, 0) is 24.6 Å². The number of rotatable bonds is 5. The zero-order chi connectivity index (χ0) is 15.2. The van der Waals surface area contributed by atoms with Gasteiger partial charge in [-0.1, -0.05) is 6.07 Å². The Morgan fingerprint density at radius 3 is 2.67 bits per heavy atom. The molecule has 116 valence electrons. The van der Waals surface area contributed by atoms with Gasteiger partial charge in [0.1, 0.15) is 0 Å². The maximum Gasteiger partial charge on any atom is 0.307 e. The number of nitrogens with zero attached hydrogens (tertiary/aromatic N) is 1. The highest BCUT2D eigenvalue weighted by Crippen LogP contribution is 2.27. The molecule has 1 atom stereocenters. The number of halogens is 2. The second kappa shape index (κ2) is 7.47. The van der Waals surface area contributed by atoms with E-state index in [0.29, 0.717) is 38.5 Å². The zero-order valence-electron chi connectivity index (χ0n) is 12.0. The molecule has 1 aliphatic heterocycles. The van der Waals surface area contributed by atoms with Crippen LogP contribution in [0, 0.1) is 11.6 Å². The minimum absolute atomic E-state index is 0.110. The predicted molar refractivity (Wildman–Crippen MR) is 72.7 cm³/mol. The summed E-state index contributed by atoms with van der Waals surface area (Å²) in [5.74, 6) is -2.15. The first-order valence-corrected chi connectivity index (χ1v) is 7.04. The highest BCUT2D eigenvalue weighted by atomic mass is 19.2. The van der Waals surface area contributed by atoms with Crippen LogP contribution in [-0.4, -0.2) is 43.8 Å². The van der Waals surface area contributed by atoms with Crippen LogP contribution in [0.5, 0.6) is 0 Å². The van der Waals surface area contributed by atoms with Crippen molar-refractivity contribution in [2.75, 3.05) is 32.9 Å². The van der Waals surface area contributed by atoms with Crippen LogP contribution in [-0.2, 0) is 14.3 Å². The number of carbonyl (C=O) groups excluding carboxylic acids is 1. The van der Waals surface area contributed by atoms with Crippen molar-refractivity contribution >= 4 is 5.97 Å². The van der Waals surface area contributed by atoms with Crippen molar-refractivity contribution in [2.24, 2.45) is 0 Å². The summed E-state index contributed by atoms with van der Waals surface area (Å²) in [7, 11) is 0. The average Bonchev–Trinajstić information content (AvgIpc) is 2.49. The molecule has 1 unspecified atom stereocenters. The number of morpholine rings is 1. The molecule has 1 aliphatic rings. The molecule has 1 aromatic rings. The fraction of sp³-hybridized carbons (Fsp3) is 0.533. The van der Waals surface area contributed by atoms with Crippen molar-refractivity contribution in [2.45, 2.75) is 19.4 Å². The van der Waals surface area contributed by atoms with Gasteiger partial charge in [0, 0.05) is 19.1 Å². The van der Waals surface area contributed by atoms with E-state index in [-0.39, 0.29) is 18.4 Å². The molecule has 0 amide bonds. The summed E-state index contributed by atoms with van der Waals surface area (Å²) < 4.78 is 36.8. The number of carbonyl (C=O) groups is 1. The molecule has 21 heavy (non-hydrogen) atoms. The quantitative estimate of drug-likeness (QED) is 0.782. The van der Waals surface area contributed by atoms with Crippen molar-refractivity contribution in [3.8, 4) is 0 Å². The summed E-state index contributed by atoms with van der Waals surface area (Å²) in [4.78, 5) is 13.8. The third-order valence-electron chi connectivity index (χ3n) is 3.48. The van der Waals surface area contributed by atoms with Crippen LogP contribution in [0.15, 0.2) is 18.2 Å². The normalized spacial score (nSPS) is 17.5. The summed E-state index contributed by atoms with van der Waals surface area (Å²) in [5, 5.41) is 0. The van der Waals surface area contributed by atoms with Crippen LogP contribution in [0.25, 0.3) is 0 Å². The Balaban J connectivity index is 2.20. The Kier molecular flexibility index (Phi) is 5.64. The molecule has 0 saturated carbocycles. The van der Waals surface area contributed by atoms with Gasteiger partial charge >= 0.3 is 5.97 Å². The van der Waals surface area contributed by atoms with Gasteiger partial charge < -0.3 is 9.47 Å². The summed E-state index contributed by atoms with van der Waals surface area (Å²) in [6.45, 7) is 4.43. The Labute approximate surface area is 122 Å². The van der Waals surface area contributed by atoms with E-state index < -0.39 is 11.6 Å².